The predicted octanol–water partition coefficient (Wildman–Crippen LogP) is 5.30. The number of rotatable bonds is 4. The van der Waals surface area contributed by atoms with Gasteiger partial charge in [0.1, 0.15) is 24.7 Å². The van der Waals surface area contributed by atoms with Gasteiger partial charge in [-0.15, -0.1) is 23.1 Å². The Bertz CT molecular complexity index is 1100. The van der Waals surface area contributed by atoms with Crippen molar-refractivity contribution in [2.24, 2.45) is 0 Å². The quantitative estimate of drug-likeness (QED) is 0.475. The summed E-state index contributed by atoms with van der Waals surface area (Å²) in [6.45, 7) is 1.17. The molecule has 0 spiro atoms. The average Bonchev–Trinajstić information content (AvgIpc) is 3.31. The van der Waals surface area contributed by atoms with Crippen molar-refractivity contribution in [3.63, 3.8) is 0 Å². The lowest BCUT2D eigenvalue weighted by atomic mass is 10.1. The minimum atomic E-state index is 0.574. The average molecular weight is 396 g/mol. The van der Waals surface area contributed by atoms with Crippen molar-refractivity contribution < 1.29 is 9.47 Å². The van der Waals surface area contributed by atoms with Gasteiger partial charge in [0.05, 0.1) is 0 Å². The molecule has 0 bridgehead atoms. The van der Waals surface area contributed by atoms with Gasteiger partial charge in [0.15, 0.2) is 16.5 Å². The summed E-state index contributed by atoms with van der Waals surface area (Å²) < 4.78 is 13.4. The Hall–Kier alpha value is -2.64. The molecular weight excluding hydrogens is 378 g/mol. The van der Waals surface area contributed by atoms with Gasteiger partial charge in [-0.25, -0.2) is 4.98 Å². The minimum absolute atomic E-state index is 0.574. The summed E-state index contributed by atoms with van der Waals surface area (Å²) in [5, 5.41) is 5.56. The zero-order valence-corrected chi connectivity index (χ0v) is 16.3. The Morgan fingerprint density at radius 3 is 2.70 bits per heavy atom. The van der Waals surface area contributed by atoms with E-state index in [0.29, 0.717) is 13.2 Å². The fourth-order valence-electron chi connectivity index (χ4n) is 3.11. The molecule has 0 amide bonds. The minimum Gasteiger partial charge on any atom is -0.486 e. The van der Waals surface area contributed by atoms with Crippen molar-refractivity contribution >= 4 is 39.6 Å². The van der Waals surface area contributed by atoms with E-state index in [1.165, 1.54) is 4.90 Å². The SMILES string of the molecule is CSc1ccc(-c2nc3sccn3c2Nc2ccc3c(c2)OCCO3)cc1. The normalized spacial score (nSPS) is 13.1. The van der Waals surface area contributed by atoms with Crippen LogP contribution in [-0.4, -0.2) is 28.9 Å². The van der Waals surface area contributed by atoms with Crippen LogP contribution in [0.15, 0.2) is 58.9 Å². The number of imidazole rings is 1. The molecule has 2 aromatic heterocycles. The van der Waals surface area contributed by atoms with E-state index in [1.54, 1.807) is 23.1 Å². The number of thioether (sulfide) groups is 1. The Morgan fingerprint density at radius 1 is 1.07 bits per heavy atom. The van der Waals surface area contributed by atoms with Gasteiger partial charge in [0, 0.05) is 33.8 Å². The van der Waals surface area contributed by atoms with Crippen LogP contribution in [0, 0.1) is 0 Å². The fraction of sp³-hybridized carbons (Fsp3) is 0.150. The first-order valence-corrected chi connectivity index (χ1v) is 10.7. The number of fused-ring (bicyclic) bond motifs is 2. The third-order valence-corrected chi connectivity index (χ3v) is 5.93. The Labute approximate surface area is 165 Å². The fourth-order valence-corrected chi connectivity index (χ4v) is 4.24. The highest BCUT2D eigenvalue weighted by atomic mass is 32.2. The van der Waals surface area contributed by atoms with Crippen LogP contribution >= 0.6 is 23.1 Å². The second-order valence-corrected chi connectivity index (χ2v) is 7.83. The van der Waals surface area contributed by atoms with Gasteiger partial charge in [-0.2, -0.15) is 0 Å². The molecule has 5 nitrogen and oxygen atoms in total. The molecule has 27 heavy (non-hydrogen) atoms. The molecule has 136 valence electrons. The highest BCUT2D eigenvalue weighted by Crippen LogP contribution is 2.37. The van der Waals surface area contributed by atoms with Crippen molar-refractivity contribution in [3.05, 3.63) is 54.0 Å². The van der Waals surface area contributed by atoms with Crippen LogP contribution in [0.1, 0.15) is 0 Å². The van der Waals surface area contributed by atoms with E-state index in [2.05, 4.69) is 40.2 Å². The van der Waals surface area contributed by atoms with Gasteiger partial charge >= 0.3 is 0 Å². The monoisotopic (exact) mass is 395 g/mol. The maximum atomic E-state index is 5.71. The number of nitrogens with zero attached hydrogens (tertiary/aromatic N) is 2. The first-order valence-electron chi connectivity index (χ1n) is 8.58. The molecule has 5 rings (SSSR count). The molecule has 3 heterocycles. The van der Waals surface area contributed by atoms with Crippen LogP contribution in [0.4, 0.5) is 11.5 Å². The largest absolute Gasteiger partial charge is 0.486 e. The van der Waals surface area contributed by atoms with Crippen LogP contribution in [0.5, 0.6) is 11.5 Å². The molecule has 0 unspecified atom stereocenters. The van der Waals surface area contributed by atoms with E-state index in [-0.39, 0.29) is 0 Å². The summed E-state index contributed by atoms with van der Waals surface area (Å²) in [6, 6.07) is 14.4. The second-order valence-electron chi connectivity index (χ2n) is 6.08. The number of thiazole rings is 1. The number of hydrogen-bond donors (Lipinski definition) is 1. The van der Waals surface area contributed by atoms with Crippen LogP contribution in [0.3, 0.4) is 0 Å². The standard InChI is InChI=1S/C20H17N3O2S2/c1-26-15-5-2-13(3-6-15)18-19(23-8-11-27-20(23)22-18)21-14-4-7-16-17(12-14)25-10-9-24-16/h2-8,11-12,21H,9-10H2,1H3. The maximum absolute atomic E-state index is 5.71. The number of anilines is 2. The van der Waals surface area contributed by atoms with E-state index >= 15 is 0 Å². The van der Waals surface area contributed by atoms with Crippen LogP contribution < -0.4 is 14.8 Å². The van der Waals surface area contributed by atoms with E-state index in [0.717, 1.165) is 39.2 Å². The molecule has 1 N–H and O–H groups in total. The molecule has 0 atom stereocenters. The molecular formula is C20H17N3O2S2. The lowest BCUT2D eigenvalue weighted by Crippen LogP contribution is -2.15. The van der Waals surface area contributed by atoms with Crippen LogP contribution in [0.2, 0.25) is 0 Å². The van der Waals surface area contributed by atoms with Crippen molar-refractivity contribution in [3.8, 4) is 22.8 Å². The Kier molecular flexibility index (Phi) is 4.18. The number of aromatic nitrogens is 2. The van der Waals surface area contributed by atoms with Gasteiger partial charge in [-0.3, -0.25) is 4.40 Å². The zero-order chi connectivity index (χ0) is 18.2. The molecule has 2 aromatic carbocycles. The molecule has 0 aliphatic carbocycles. The topological polar surface area (TPSA) is 47.8 Å². The molecule has 0 saturated carbocycles. The summed E-state index contributed by atoms with van der Waals surface area (Å²) in [5.74, 6) is 2.50. The lowest BCUT2D eigenvalue weighted by Gasteiger charge is -2.19. The van der Waals surface area contributed by atoms with E-state index in [9.17, 15) is 0 Å². The van der Waals surface area contributed by atoms with Crippen molar-refractivity contribution in [2.45, 2.75) is 4.90 Å². The van der Waals surface area contributed by atoms with Gasteiger partial charge in [0.25, 0.3) is 0 Å². The van der Waals surface area contributed by atoms with Gasteiger partial charge in [0.2, 0.25) is 0 Å². The summed E-state index contributed by atoms with van der Waals surface area (Å²) in [6.07, 6.45) is 4.11. The van der Waals surface area contributed by atoms with Crippen molar-refractivity contribution in [1.82, 2.24) is 9.38 Å². The predicted molar refractivity (Wildman–Crippen MR) is 111 cm³/mol. The van der Waals surface area contributed by atoms with Crippen molar-refractivity contribution in [2.75, 3.05) is 24.8 Å². The van der Waals surface area contributed by atoms with Gasteiger partial charge in [-0.1, -0.05) is 12.1 Å². The Morgan fingerprint density at radius 2 is 1.89 bits per heavy atom. The highest BCUT2D eigenvalue weighted by molar-refractivity contribution is 7.98. The van der Waals surface area contributed by atoms with Crippen molar-refractivity contribution in [1.29, 1.82) is 0 Å². The molecule has 1 aliphatic rings. The van der Waals surface area contributed by atoms with Crippen LogP contribution in [-0.2, 0) is 0 Å². The lowest BCUT2D eigenvalue weighted by molar-refractivity contribution is 0.171. The summed E-state index contributed by atoms with van der Waals surface area (Å²) in [5.41, 5.74) is 2.96. The number of ether oxygens (including phenoxy) is 2. The highest BCUT2D eigenvalue weighted by Gasteiger charge is 2.17. The smallest absolute Gasteiger partial charge is 0.195 e. The third-order valence-electron chi connectivity index (χ3n) is 4.43. The van der Waals surface area contributed by atoms with Crippen LogP contribution in [0.25, 0.3) is 16.2 Å². The van der Waals surface area contributed by atoms with Gasteiger partial charge in [-0.05, 0) is 30.5 Å². The molecule has 1 aliphatic heterocycles. The van der Waals surface area contributed by atoms with E-state index in [1.807, 2.05) is 29.8 Å². The Balaban J connectivity index is 1.56. The zero-order valence-electron chi connectivity index (χ0n) is 14.6. The molecule has 0 saturated heterocycles. The van der Waals surface area contributed by atoms with Gasteiger partial charge < -0.3 is 14.8 Å². The first kappa shape index (κ1) is 16.5. The number of nitrogens with one attached hydrogen (secondary N) is 1. The van der Waals surface area contributed by atoms with E-state index in [4.69, 9.17) is 14.5 Å². The van der Waals surface area contributed by atoms with E-state index < -0.39 is 0 Å². The summed E-state index contributed by atoms with van der Waals surface area (Å²) in [7, 11) is 0. The number of benzene rings is 2. The molecule has 0 radical (unpaired) electrons. The third kappa shape index (κ3) is 3.02. The first-order chi connectivity index (χ1) is 13.3. The summed E-state index contributed by atoms with van der Waals surface area (Å²) in [4.78, 5) is 7.03. The molecule has 0 fully saturated rings. The summed E-state index contributed by atoms with van der Waals surface area (Å²) >= 11 is 3.36. The second kappa shape index (κ2) is 6.83. The molecule has 4 aromatic rings. The number of hydrogen-bond acceptors (Lipinski definition) is 6. The molecule has 7 heteroatoms. The maximum Gasteiger partial charge on any atom is 0.195 e.